The molecule has 5 nitrogen and oxygen atoms in total. The topological polar surface area (TPSA) is 61.6 Å². The molecule has 19 heavy (non-hydrogen) atoms. The maximum absolute atomic E-state index is 12.4. The molecule has 0 unspecified atom stereocenters. The van der Waals surface area contributed by atoms with Crippen LogP contribution in [-0.4, -0.2) is 54.0 Å². The number of nitrogens with two attached hydrogens (primary N) is 1. The van der Waals surface area contributed by atoms with Crippen LogP contribution in [0.5, 0.6) is 0 Å². The summed E-state index contributed by atoms with van der Waals surface area (Å²) in [5.41, 5.74) is 6.83. The first-order valence-electron chi connectivity index (χ1n) is 6.20. The lowest BCUT2D eigenvalue weighted by Gasteiger charge is -2.32. The van der Waals surface area contributed by atoms with Crippen LogP contribution in [0.2, 0.25) is 0 Å². The summed E-state index contributed by atoms with van der Waals surface area (Å²) in [6, 6.07) is 7.25. The summed E-state index contributed by atoms with van der Waals surface area (Å²) in [4.78, 5) is 16.5. The van der Waals surface area contributed by atoms with Gasteiger partial charge < -0.3 is 20.9 Å². The third-order valence-electron chi connectivity index (χ3n) is 3.17. The first-order chi connectivity index (χ1) is 9.06. The summed E-state index contributed by atoms with van der Waals surface area (Å²) >= 11 is 4.79. The smallest absolute Gasteiger partial charge is 0.254 e. The van der Waals surface area contributed by atoms with E-state index in [-0.39, 0.29) is 11.0 Å². The number of nitrogens with one attached hydrogen (secondary N) is 1. The summed E-state index contributed by atoms with van der Waals surface area (Å²) in [5, 5.41) is 3.04. The summed E-state index contributed by atoms with van der Waals surface area (Å²) in [7, 11) is 2.06. The number of hydrogen-bond donors (Lipinski definition) is 2. The van der Waals surface area contributed by atoms with Gasteiger partial charge in [0.15, 0.2) is 5.11 Å². The van der Waals surface area contributed by atoms with Gasteiger partial charge in [0.25, 0.3) is 5.91 Å². The maximum atomic E-state index is 12.4. The minimum atomic E-state index is 0.0553. The third-order valence-corrected chi connectivity index (χ3v) is 3.27. The number of piperazine rings is 1. The van der Waals surface area contributed by atoms with Crippen LogP contribution in [0.4, 0.5) is 5.69 Å². The molecule has 3 N–H and O–H groups in total. The Bertz CT molecular complexity index is 483. The molecule has 0 aromatic heterocycles. The van der Waals surface area contributed by atoms with Gasteiger partial charge in [-0.2, -0.15) is 0 Å². The number of carbonyl (C=O) groups excluding carboxylic acids is 1. The van der Waals surface area contributed by atoms with E-state index in [1.807, 2.05) is 23.1 Å². The van der Waals surface area contributed by atoms with E-state index in [1.54, 1.807) is 6.07 Å². The molecule has 1 saturated heterocycles. The van der Waals surface area contributed by atoms with Crippen molar-refractivity contribution in [3.8, 4) is 0 Å². The lowest BCUT2D eigenvalue weighted by molar-refractivity contribution is 0.0664. The Morgan fingerprint density at radius 1 is 1.32 bits per heavy atom. The Labute approximate surface area is 118 Å². The van der Waals surface area contributed by atoms with Crippen molar-refractivity contribution in [1.29, 1.82) is 0 Å². The molecule has 0 radical (unpaired) electrons. The van der Waals surface area contributed by atoms with Gasteiger partial charge in [-0.15, -0.1) is 0 Å². The number of thiocarbonyl (C=S) groups is 1. The molecule has 2 rings (SSSR count). The molecule has 0 bridgehead atoms. The Kier molecular flexibility index (Phi) is 4.34. The van der Waals surface area contributed by atoms with Gasteiger partial charge in [-0.25, -0.2) is 0 Å². The molecule has 0 spiro atoms. The Hall–Kier alpha value is -1.66. The molecule has 6 heteroatoms. The number of likely N-dealkylation sites (N-methyl/N-ethyl adjacent to an activating group) is 1. The number of nitrogens with zero attached hydrogens (tertiary/aromatic N) is 2. The fourth-order valence-corrected chi connectivity index (χ4v) is 2.18. The van der Waals surface area contributed by atoms with Crippen molar-refractivity contribution < 1.29 is 4.79 Å². The van der Waals surface area contributed by atoms with Crippen molar-refractivity contribution in [2.75, 3.05) is 38.5 Å². The standard InChI is InChI=1S/C13H18N4OS/c1-16-5-7-17(8-6-16)12(18)10-3-2-4-11(9-10)15-13(14)19/h2-4,9H,5-8H2,1H3,(H3,14,15,19). The summed E-state index contributed by atoms with van der Waals surface area (Å²) < 4.78 is 0. The van der Waals surface area contributed by atoms with Crippen LogP contribution in [0.25, 0.3) is 0 Å². The second-order valence-corrected chi connectivity index (χ2v) is 5.11. The fraction of sp³-hybridized carbons (Fsp3) is 0.385. The van der Waals surface area contributed by atoms with Gasteiger partial charge in [0.05, 0.1) is 0 Å². The number of carbonyl (C=O) groups is 1. The van der Waals surface area contributed by atoms with Crippen molar-refractivity contribution in [2.24, 2.45) is 5.73 Å². The second kappa shape index (κ2) is 5.99. The Morgan fingerprint density at radius 2 is 2.00 bits per heavy atom. The Balaban J connectivity index is 2.08. The minimum Gasteiger partial charge on any atom is -0.376 e. The van der Waals surface area contributed by atoms with E-state index in [0.717, 1.165) is 31.9 Å². The van der Waals surface area contributed by atoms with E-state index < -0.39 is 0 Å². The average Bonchev–Trinajstić information content (AvgIpc) is 2.38. The van der Waals surface area contributed by atoms with Crippen molar-refractivity contribution in [3.05, 3.63) is 29.8 Å². The minimum absolute atomic E-state index is 0.0553. The van der Waals surface area contributed by atoms with Crippen molar-refractivity contribution in [1.82, 2.24) is 9.80 Å². The highest BCUT2D eigenvalue weighted by Gasteiger charge is 2.20. The number of anilines is 1. The van der Waals surface area contributed by atoms with Crippen LogP contribution < -0.4 is 11.1 Å². The van der Waals surface area contributed by atoms with Crippen LogP contribution in [0.15, 0.2) is 24.3 Å². The predicted molar refractivity (Wildman–Crippen MR) is 80.3 cm³/mol. The van der Waals surface area contributed by atoms with Crippen LogP contribution in [-0.2, 0) is 0 Å². The van der Waals surface area contributed by atoms with Gasteiger partial charge in [0.1, 0.15) is 0 Å². The van der Waals surface area contributed by atoms with E-state index >= 15 is 0 Å². The van der Waals surface area contributed by atoms with Crippen LogP contribution in [0.1, 0.15) is 10.4 Å². The molecule has 1 fully saturated rings. The molecule has 0 atom stereocenters. The zero-order valence-corrected chi connectivity index (χ0v) is 11.7. The quantitative estimate of drug-likeness (QED) is 0.781. The average molecular weight is 278 g/mol. The first kappa shape index (κ1) is 13.8. The Morgan fingerprint density at radius 3 is 2.63 bits per heavy atom. The lowest BCUT2D eigenvalue weighted by Crippen LogP contribution is -2.47. The second-order valence-electron chi connectivity index (χ2n) is 4.67. The highest BCUT2D eigenvalue weighted by Crippen LogP contribution is 2.13. The van der Waals surface area contributed by atoms with Gasteiger partial charge in [-0.1, -0.05) is 6.07 Å². The fourth-order valence-electron chi connectivity index (χ4n) is 2.06. The maximum Gasteiger partial charge on any atom is 0.254 e. The highest BCUT2D eigenvalue weighted by molar-refractivity contribution is 7.80. The van der Waals surface area contributed by atoms with Gasteiger partial charge >= 0.3 is 0 Å². The number of rotatable bonds is 2. The molecule has 1 aromatic carbocycles. The molecule has 0 saturated carbocycles. The SMILES string of the molecule is CN1CCN(C(=O)c2cccc(NC(N)=S)c2)CC1. The van der Waals surface area contributed by atoms with Crippen LogP contribution in [0, 0.1) is 0 Å². The van der Waals surface area contributed by atoms with E-state index in [9.17, 15) is 4.79 Å². The molecule has 102 valence electrons. The molecule has 1 aromatic rings. The van der Waals surface area contributed by atoms with Gasteiger partial charge in [-0.05, 0) is 37.5 Å². The first-order valence-corrected chi connectivity index (χ1v) is 6.61. The molecule has 1 amide bonds. The monoisotopic (exact) mass is 278 g/mol. The van der Waals surface area contributed by atoms with E-state index in [2.05, 4.69) is 17.3 Å². The van der Waals surface area contributed by atoms with Crippen molar-refractivity contribution in [3.63, 3.8) is 0 Å². The number of benzene rings is 1. The third kappa shape index (κ3) is 3.65. The van der Waals surface area contributed by atoms with E-state index in [1.165, 1.54) is 0 Å². The zero-order valence-electron chi connectivity index (χ0n) is 10.9. The molecular weight excluding hydrogens is 260 g/mol. The molecule has 1 aliphatic heterocycles. The number of hydrogen-bond acceptors (Lipinski definition) is 3. The summed E-state index contributed by atoms with van der Waals surface area (Å²) in [6.45, 7) is 3.36. The van der Waals surface area contributed by atoms with Crippen LogP contribution in [0.3, 0.4) is 0 Å². The van der Waals surface area contributed by atoms with Gasteiger partial charge in [0, 0.05) is 37.4 Å². The van der Waals surface area contributed by atoms with E-state index in [4.69, 9.17) is 18.0 Å². The normalized spacial score (nSPS) is 16.2. The molecule has 1 aliphatic rings. The van der Waals surface area contributed by atoms with Gasteiger partial charge in [-0.3, -0.25) is 4.79 Å². The number of amides is 1. The van der Waals surface area contributed by atoms with Crippen molar-refractivity contribution in [2.45, 2.75) is 0 Å². The molecular formula is C13H18N4OS. The van der Waals surface area contributed by atoms with Gasteiger partial charge in [0.2, 0.25) is 0 Å². The summed E-state index contributed by atoms with van der Waals surface area (Å²) in [6.07, 6.45) is 0. The van der Waals surface area contributed by atoms with Crippen molar-refractivity contribution >= 4 is 28.9 Å². The largest absolute Gasteiger partial charge is 0.376 e. The molecule has 1 heterocycles. The predicted octanol–water partition coefficient (Wildman–Crippen LogP) is 0.730. The highest BCUT2D eigenvalue weighted by atomic mass is 32.1. The zero-order chi connectivity index (χ0) is 13.8. The molecule has 0 aliphatic carbocycles. The lowest BCUT2D eigenvalue weighted by atomic mass is 10.1. The van der Waals surface area contributed by atoms with E-state index in [0.29, 0.717) is 5.56 Å². The van der Waals surface area contributed by atoms with Crippen LogP contribution >= 0.6 is 12.2 Å². The summed E-state index contributed by atoms with van der Waals surface area (Å²) in [5.74, 6) is 0.0553.